The van der Waals surface area contributed by atoms with Crippen molar-refractivity contribution in [3.05, 3.63) is 53.1 Å². The van der Waals surface area contributed by atoms with Crippen LogP contribution in [0.15, 0.2) is 36.4 Å². The lowest BCUT2D eigenvalue weighted by molar-refractivity contribution is 0.0932. The first-order valence-corrected chi connectivity index (χ1v) is 10.3. The number of para-hydroxylation sites is 1. The van der Waals surface area contributed by atoms with Crippen molar-refractivity contribution in [3.8, 4) is 11.5 Å². The highest BCUT2D eigenvalue weighted by Crippen LogP contribution is 2.45. The van der Waals surface area contributed by atoms with E-state index >= 15 is 0 Å². The fourth-order valence-electron chi connectivity index (χ4n) is 4.31. The molecule has 1 atom stereocenters. The second-order valence-electron chi connectivity index (χ2n) is 7.89. The summed E-state index contributed by atoms with van der Waals surface area (Å²) < 4.78 is 11.1. The average molecular weight is 396 g/mol. The Morgan fingerprint density at radius 3 is 2.66 bits per heavy atom. The summed E-state index contributed by atoms with van der Waals surface area (Å²) in [5.74, 6) is 1.17. The molecule has 0 aliphatic carbocycles. The van der Waals surface area contributed by atoms with Crippen molar-refractivity contribution in [2.75, 3.05) is 31.5 Å². The number of amides is 1. The normalized spacial score (nSPS) is 19.6. The number of benzene rings is 2. The van der Waals surface area contributed by atoms with Gasteiger partial charge >= 0.3 is 0 Å². The van der Waals surface area contributed by atoms with Crippen LogP contribution in [0.4, 0.5) is 5.69 Å². The lowest BCUT2D eigenvalue weighted by Crippen LogP contribution is -2.46. The summed E-state index contributed by atoms with van der Waals surface area (Å²) >= 11 is 0. The van der Waals surface area contributed by atoms with E-state index in [9.17, 15) is 9.90 Å². The number of aliphatic hydroxyl groups excluding tert-OH is 1. The quantitative estimate of drug-likeness (QED) is 0.554. The van der Waals surface area contributed by atoms with Crippen LogP contribution in [-0.4, -0.2) is 37.6 Å². The number of anilines is 1. The molecule has 2 aliphatic heterocycles. The van der Waals surface area contributed by atoms with E-state index in [2.05, 4.69) is 25.2 Å². The molecule has 1 unspecified atom stereocenters. The first-order chi connectivity index (χ1) is 14.1. The minimum absolute atomic E-state index is 0.0445. The summed E-state index contributed by atoms with van der Waals surface area (Å²) in [6.45, 7) is 5.69. The lowest BCUT2D eigenvalue weighted by atomic mass is 9.71. The van der Waals surface area contributed by atoms with Gasteiger partial charge in [0.05, 0.1) is 0 Å². The predicted molar refractivity (Wildman–Crippen MR) is 112 cm³/mol. The van der Waals surface area contributed by atoms with Crippen LogP contribution in [0.3, 0.4) is 0 Å². The molecule has 0 bridgehead atoms. The number of rotatable bonds is 7. The number of carbonyl (C=O) groups excluding carboxylic acids is 1. The van der Waals surface area contributed by atoms with E-state index in [-0.39, 0.29) is 19.4 Å². The summed E-state index contributed by atoms with van der Waals surface area (Å²) in [4.78, 5) is 14.6. The van der Waals surface area contributed by atoms with Crippen LogP contribution in [0.2, 0.25) is 0 Å². The Kier molecular flexibility index (Phi) is 5.37. The average Bonchev–Trinajstić information content (AvgIpc) is 3.21. The number of carbonyl (C=O) groups is 1. The van der Waals surface area contributed by atoms with Crippen LogP contribution in [0.5, 0.6) is 11.5 Å². The summed E-state index contributed by atoms with van der Waals surface area (Å²) in [5, 5.41) is 13.1. The van der Waals surface area contributed by atoms with Gasteiger partial charge in [0.2, 0.25) is 6.79 Å². The van der Waals surface area contributed by atoms with Gasteiger partial charge in [0.1, 0.15) is 6.73 Å². The molecule has 2 N–H and O–H groups in total. The zero-order chi connectivity index (χ0) is 20.4. The third-order valence-electron chi connectivity index (χ3n) is 6.00. The number of unbranched alkanes of at least 4 members (excludes halogenated alkanes) is 2. The Hall–Kier alpha value is -2.73. The monoisotopic (exact) mass is 396 g/mol. The van der Waals surface area contributed by atoms with E-state index in [0.29, 0.717) is 23.6 Å². The number of aliphatic hydroxyl groups is 1. The van der Waals surface area contributed by atoms with Gasteiger partial charge in [-0.1, -0.05) is 38.0 Å². The van der Waals surface area contributed by atoms with E-state index in [4.69, 9.17) is 9.47 Å². The Balaban J connectivity index is 1.80. The largest absolute Gasteiger partial charge is 0.454 e. The van der Waals surface area contributed by atoms with E-state index in [0.717, 1.165) is 42.6 Å². The van der Waals surface area contributed by atoms with Gasteiger partial charge in [-0.2, -0.15) is 0 Å². The van der Waals surface area contributed by atoms with Crippen LogP contribution in [-0.2, 0) is 5.41 Å². The highest BCUT2D eigenvalue weighted by atomic mass is 16.7. The SMILES string of the molecule is CCCCCN(CO)c1ccccc1C1(C)CNC(=O)c2cc3c(cc21)OCO3. The third-order valence-corrected chi connectivity index (χ3v) is 6.00. The minimum atomic E-state index is -0.459. The molecule has 2 aliphatic rings. The molecule has 154 valence electrons. The molecule has 4 rings (SSSR count). The standard InChI is InChI=1S/C23H28N2O4/c1-3-4-7-10-25(14-26)19-9-6-5-8-17(19)23(2)13-24-22(27)16-11-20-21(12-18(16)23)29-15-28-20/h5-6,8-9,11-12,26H,3-4,7,10,13-15H2,1-2H3,(H,24,27). The zero-order valence-corrected chi connectivity index (χ0v) is 17.0. The highest BCUT2D eigenvalue weighted by Gasteiger charge is 2.40. The van der Waals surface area contributed by atoms with Crippen molar-refractivity contribution >= 4 is 11.6 Å². The topological polar surface area (TPSA) is 71.0 Å². The summed E-state index contributed by atoms with van der Waals surface area (Å²) in [7, 11) is 0. The van der Waals surface area contributed by atoms with E-state index in [1.54, 1.807) is 6.07 Å². The second-order valence-corrected chi connectivity index (χ2v) is 7.89. The van der Waals surface area contributed by atoms with Crippen LogP contribution in [0, 0.1) is 0 Å². The maximum absolute atomic E-state index is 12.6. The molecule has 0 spiro atoms. The Morgan fingerprint density at radius 1 is 1.14 bits per heavy atom. The molecular formula is C23H28N2O4. The van der Waals surface area contributed by atoms with E-state index in [1.165, 1.54) is 0 Å². The van der Waals surface area contributed by atoms with E-state index in [1.807, 2.05) is 29.2 Å². The zero-order valence-electron chi connectivity index (χ0n) is 17.0. The van der Waals surface area contributed by atoms with Crippen molar-refractivity contribution < 1.29 is 19.4 Å². The van der Waals surface area contributed by atoms with Gasteiger partial charge in [0.25, 0.3) is 5.91 Å². The predicted octanol–water partition coefficient (Wildman–Crippen LogP) is 3.41. The molecule has 0 saturated carbocycles. The van der Waals surface area contributed by atoms with Crippen LogP contribution >= 0.6 is 0 Å². The van der Waals surface area contributed by atoms with Gasteiger partial charge in [0.15, 0.2) is 11.5 Å². The van der Waals surface area contributed by atoms with Gasteiger partial charge < -0.3 is 24.8 Å². The fraction of sp³-hybridized carbons (Fsp3) is 0.435. The molecule has 0 saturated heterocycles. The first-order valence-electron chi connectivity index (χ1n) is 10.3. The Labute approximate surface area is 171 Å². The van der Waals surface area contributed by atoms with Crippen molar-refractivity contribution in [2.45, 2.75) is 38.5 Å². The Bertz CT molecular complexity index is 914. The molecule has 0 radical (unpaired) electrons. The number of fused-ring (bicyclic) bond motifs is 2. The third kappa shape index (κ3) is 3.42. The molecular weight excluding hydrogens is 368 g/mol. The fourth-order valence-corrected chi connectivity index (χ4v) is 4.31. The second kappa shape index (κ2) is 7.95. The molecule has 6 heteroatoms. The van der Waals surface area contributed by atoms with E-state index < -0.39 is 5.41 Å². The van der Waals surface area contributed by atoms with Crippen molar-refractivity contribution in [1.82, 2.24) is 5.32 Å². The molecule has 0 aromatic heterocycles. The highest BCUT2D eigenvalue weighted by molar-refractivity contribution is 5.99. The number of nitrogens with zero attached hydrogens (tertiary/aromatic N) is 1. The number of ether oxygens (including phenoxy) is 2. The molecule has 6 nitrogen and oxygen atoms in total. The van der Waals surface area contributed by atoms with Gasteiger partial charge in [-0.15, -0.1) is 0 Å². The minimum Gasteiger partial charge on any atom is -0.454 e. The van der Waals surface area contributed by atoms with Gasteiger partial charge in [-0.05, 0) is 42.7 Å². The van der Waals surface area contributed by atoms with Crippen molar-refractivity contribution in [1.29, 1.82) is 0 Å². The van der Waals surface area contributed by atoms with Gasteiger partial charge in [-0.3, -0.25) is 4.79 Å². The maximum atomic E-state index is 12.6. The summed E-state index contributed by atoms with van der Waals surface area (Å²) in [6, 6.07) is 11.8. The van der Waals surface area contributed by atoms with Crippen molar-refractivity contribution in [3.63, 3.8) is 0 Å². The van der Waals surface area contributed by atoms with Crippen LogP contribution in [0.25, 0.3) is 0 Å². The summed E-state index contributed by atoms with van der Waals surface area (Å²) in [5.41, 5.74) is 3.14. The van der Waals surface area contributed by atoms with Crippen LogP contribution < -0.4 is 19.7 Å². The van der Waals surface area contributed by atoms with Crippen molar-refractivity contribution in [2.24, 2.45) is 0 Å². The number of hydrogen-bond donors (Lipinski definition) is 2. The smallest absolute Gasteiger partial charge is 0.251 e. The summed E-state index contributed by atoms with van der Waals surface area (Å²) in [6.07, 6.45) is 3.28. The molecule has 2 aromatic rings. The molecule has 2 heterocycles. The first kappa shape index (κ1) is 19.6. The molecule has 29 heavy (non-hydrogen) atoms. The molecule has 1 amide bonds. The van der Waals surface area contributed by atoms with Crippen LogP contribution in [0.1, 0.15) is 54.6 Å². The van der Waals surface area contributed by atoms with Gasteiger partial charge in [-0.25, -0.2) is 0 Å². The molecule has 0 fully saturated rings. The maximum Gasteiger partial charge on any atom is 0.251 e. The number of hydrogen-bond acceptors (Lipinski definition) is 5. The number of nitrogens with one attached hydrogen (secondary N) is 1. The molecule has 2 aromatic carbocycles. The van der Waals surface area contributed by atoms with Gasteiger partial charge in [0, 0.05) is 29.8 Å². The Morgan fingerprint density at radius 2 is 1.90 bits per heavy atom. The lowest BCUT2D eigenvalue weighted by Gasteiger charge is -2.39.